The number of hydrogen-bond donors (Lipinski definition) is 2. The van der Waals surface area contributed by atoms with Gasteiger partial charge in [-0.15, -0.1) is 0 Å². The zero-order valence-corrected chi connectivity index (χ0v) is 9.51. The van der Waals surface area contributed by atoms with Gasteiger partial charge >= 0.3 is 6.03 Å². The molecule has 2 amide bonds. The van der Waals surface area contributed by atoms with Gasteiger partial charge in [-0.25, -0.2) is 9.78 Å². The van der Waals surface area contributed by atoms with E-state index in [2.05, 4.69) is 15.6 Å². The molecule has 82 valence electrons. The number of nitrogens with zero attached hydrogens (tertiary/aromatic N) is 1. The predicted molar refractivity (Wildman–Crippen MR) is 61.2 cm³/mol. The number of amides is 2. The van der Waals surface area contributed by atoms with Gasteiger partial charge in [-0.3, -0.25) is 0 Å². The van der Waals surface area contributed by atoms with E-state index in [1.54, 1.807) is 18.3 Å². The highest BCUT2D eigenvalue weighted by molar-refractivity contribution is 6.29. The summed E-state index contributed by atoms with van der Waals surface area (Å²) in [6.45, 7) is 3.95. The summed E-state index contributed by atoms with van der Waals surface area (Å²) in [4.78, 5) is 15.2. The molecule has 4 nitrogen and oxygen atoms in total. The van der Waals surface area contributed by atoms with Gasteiger partial charge in [-0.05, 0) is 25.5 Å². The first kappa shape index (κ1) is 11.8. The number of anilines is 1. The summed E-state index contributed by atoms with van der Waals surface area (Å²) in [5.74, 6) is 0. The van der Waals surface area contributed by atoms with Crippen molar-refractivity contribution in [1.82, 2.24) is 10.3 Å². The highest BCUT2D eigenvalue weighted by Crippen LogP contribution is 2.11. The van der Waals surface area contributed by atoms with Crippen molar-refractivity contribution in [2.45, 2.75) is 26.3 Å². The molecule has 1 aromatic rings. The Hall–Kier alpha value is -1.29. The molecule has 0 aliphatic heterocycles. The van der Waals surface area contributed by atoms with E-state index in [9.17, 15) is 4.79 Å². The lowest BCUT2D eigenvalue weighted by Crippen LogP contribution is -2.35. The van der Waals surface area contributed by atoms with E-state index in [0.29, 0.717) is 10.8 Å². The zero-order chi connectivity index (χ0) is 11.3. The molecule has 1 aromatic heterocycles. The third kappa shape index (κ3) is 4.16. The van der Waals surface area contributed by atoms with Crippen molar-refractivity contribution in [3.63, 3.8) is 0 Å². The summed E-state index contributed by atoms with van der Waals surface area (Å²) in [6, 6.07) is 3.20. The number of pyridine rings is 1. The maximum absolute atomic E-state index is 11.4. The van der Waals surface area contributed by atoms with Crippen molar-refractivity contribution in [3.8, 4) is 0 Å². The van der Waals surface area contributed by atoms with Crippen LogP contribution in [0.3, 0.4) is 0 Å². The Labute approximate surface area is 94.0 Å². The van der Waals surface area contributed by atoms with Crippen molar-refractivity contribution >= 4 is 23.3 Å². The molecule has 0 spiro atoms. The van der Waals surface area contributed by atoms with E-state index in [1.165, 1.54) is 0 Å². The van der Waals surface area contributed by atoms with Crippen LogP contribution in [0.1, 0.15) is 20.3 Å². The average Bonchev–Trinajstić information content (AvgIpc) is 2.17. The van der Waals surface area contributed by atoms with E-state index in [4.69, 9.17) is 11.6 Å². The number of urea groups is 1. The molecule has 0 aliphatic carbocycles. The number of hydrogen-bond acceptors (Lipinski definition) is 2. The Bertz CT molecular complexity index is 343. The van der Waals surface area contributed by atoms with Gasteiger partial charge in [0, 0.05) is 17.9 Å². The second kappa shape index (κ2) is 5.56. The standard InChI is InChI=1S/C10H14ClN3O/c1-3-7(2)13-10(15)14-8-4-5-12-9(11)6-8/h4-7H,3H2,1-2H3,(H2,12,13,14,15)/t7-/m0/s1. The third-order valence-corrected chi connectivity index (χ3v) is 2.18. The van der Waals surface area contributed by atoms with Crippen LogP contribution < -0.4 is 10.6 Å². The predicted octanol–water partition coefficient (Wildman–Crippen LogP) is 2.66. The Morgan fingerprint density at radius 2 is 2.40 bits per heavy atom. The van der Waals surface area contributed by atoms with Gasteiger partial charge in [0.15, 0.2) is 0 Å². The molecule has 0 saturated carbocycles. The summed E-state index contributed by atoms with van der Waals surface area (Å²) >= 11 is 5.68. The first-order chi connectivity index (χ1) is 7.11. The van der Waals surface area contributed by atoms with Crippen LogP contribution in [0, 0.1) is 0 Å². The fourth-order valence-electron chi connectivity index (χ4n) is 0.973. The SMILES string of the molecule is CC[C@H](C)NC(=O)Nc1ccnc(Cl)c1. The summed E-state index contributed by atoms with van der Waals surface area (Å²) in [6.07, 6.45) is 2.44. The van der Waals surface area contributed by atoms with Crippen molar-refractivity contribution in [2.24, 2.45) is 0 Å². The van der Waals surface area contributed by atoms with Gasteiger partial charge in [0.05, 0.1) is 0 Å². The quantitative estimate of drug-likeness (QED) is 0.780. The number of nitrogens with one attached hydrogen (secondary N) is 2. The minimum absolute atomic E-state index is 0.155. The molecular formula is C10H14ClN3O. The highest BCUT2D eigenvalue weighted by Gasteiger charge is 2.05. The fraction of sp³-hybridized carbons (Fsp3) is 0.400. The molecule has 1 rings (SSSR count). The fourth-order valence-corrected chi connectivity index (χ4v) is 1.15. The normalized spacial score (nSPS) is 11.9. The molecule has 5 heteroatoms. The van der Waals surface area contributed by atoms with Crippen molar-refractivity contribution < 1.29 is 4.79 Å². The van der Waals surface area contributed by atoms with Crippen LogP contribution in [-0.4, -0.2) is 17.1 Å². The molecule has 1 atom stereocenters. The maximum Gasteiger partial charge on any atom is 0.319 e. The number of carbonyl (C=O) groups is 1. The van der Waals surface area contributed by atoms with Gasteiger partial charge in [-0.2, -0.15) is 0 Å². The van der Waals surface area contributed by atoms with Crippen molar-refractivity contribution in [3.05, 3.63) is 23.5 Å². The molecule has 0 bridgehead atoms. The lowest BCUT2D eigenvalue weighted by atomic mass is 10.3. The topological polar surface area (TPSA) is 54.0 Å². The Kier molecular flexibility index (Phi) is 4.37. The summed E-state index contributed by atoms with van der Waals surface area (Å²) < 4.78 is 0. The minimum atomic E-state index is -0.230. The van der Waals surface area contributed by atoms with Crippen LogP contribution >= 0.6 is 11.6 Å². The molecule has 0 fully saturated rings. The van der Waals surface area contributed by atoms with Gasteiger partial charge in [-0.1, -0.05) is 18.5 Å². The van der Waals surface area contributed by atoms with Gasteiger partial charge in [0.25, 0.3) is 0 Å². The largest absolute Gasteiger partial charge is 0.335 e. The van der Waals surface area contributed by atoms with Crippen LogP contribution in [-0.2, 0) is 0 Å². The summed E-state index contributed by atoms with van der Waals surface area (Å²) in [5.41, 5.74) is 0.635. The molecule has 0 radical (unpaired) electrons. The third-order valence-electron chi connectivity index (χ3n) is 1.97. The summed E-state index contributed by atoms with van der Waals surface area (Å²) in [7, 11) is 0. The molecule has 0 aromatic carbocycles. The molecule has 1 heterocycles. The van der Waals surface area contributed by atoms with Crippen LogP contribution in [0.5, 0.6) is 0 Å². The van der Waals surface area contributed by atoms with Crippen LogP contribution in [0.2, 0.25) is 5.15 Å². The van der Waals surface area contributed by atoms with E-state index in [1.807, 2.05) is 13.8 Å². The first-order valence-corrected chi connectivity index (χ1v) is 5.18. The lowest BCUT2D eigenvalue weighted by Gasteiger charge is -2.12. The molecule has 0 saturated heterocycles. The van der Waals surface area contributed by atoms with Crippen LogP contribution in [0.15, 0.2) is 18.3 Å². The number of rotatable bonds is 3. The first-order valence-electron chi connectivity index (χ1n) is 4.81. The number of carbonyl (C=O) groups excluding carboxylic acids is 1. The second-order valence-electron chi connectivity index (χ2n) is 3.27. The van der Waals surface area contributed by atoms with Gasteiger partial charge < -0.3 is 10.6 Å². The lowest BCUT2D eigenvalue weighted by molar-refractivity contribution is 0.249. The zero-order valence-electron chi connectivity index (χ0n) is 8.75. The minimum Gasteiger partial charge on any atom is -0.335 e. The molecular weight excluding hydrogens is 214 g/mol. The summed E-state index contributed by atoms with van der Waals surface area (Å²) in [5, 5.41) is 5.82. The molecule has 0 aliphatic rings. The molecule has 15 heavy (non-hydrogen) atoms. The van der Waals surface area contributed by atoms with Gasteiger partial charge in [0.1, 0.15) is 5.15 Å². The van der Waals surface area contributed by atoms with Crippen molar-refractivity contribution in [2.75, 3.05) is 5.32 Å². The van der Waals surface area contributed by atoms with E-state index < -0.39 is 0 Å². The Morgan fingerprint density at radius 3 is 3.00 bits per heavy atom. The van der Waals surface area contributed by atoms with E-state index in [0.717, 1.165) is 6.42 Å². The van der Waals surface area contributed by atoms with Crippen molar-refractivity contribution in [1.29, 1.82) is 0 Å². The van der Waals surface area contributed by atoms with E-state index >= 15 is 0 Å². The highest BCUT2D eigenvalue weighted by atomic mass is 35.5. The Morgan fingerprint density at radius 1 is 1.67 bits per heavy atom. The smallest absolute Gasteiger partial charge is 0.319 e. The molecule has 0 unspecified atom stereocenters. The second-order valence-corrected chi connectivity index (χ2v) is 3.66. The van der Waals surface area contributed by atoms with Gasteiger partial charge in [0.2, 0.25) is 0 Å². The Balaban J connectivity index is 2.51. The number of aromatic nitrogens is 1. The van der Waals surface area contributed by atoms with Crippen LogP contribution in [0.25, 0.3) is 0 Å². The number of halogens is 1. The van der Waals surface area contributed by atoms with E-state index in [-0.39, 0.29) is 12.1 Å². The average molecular weight is 228 g/mol. The monoisotopic (exact) mass is 227 g/mol. The van der Waals surface area contributed by atoms with Crippen LogP contribution in [0.4, 0.5) is 10.5 Å². The molecule has 2 N–H and O–H groups in total. The maximum atomic E-state index is 11.4.